The Morgan fingerprint density at radius 1 is 0.704 bits per heavy atom. The van der Waals surface area contributed by atoms with Gasteiger partial charge in [0.1, 0.15) is 0 Å². The third-order valence-corrected chi connectivity index (χ3v) is 2.17. The fourth-order valence-corrected chi connectivity index (χ4v) is 1.48. The molecule has 0 spiro atoms. The molecular formula is C10H16N2Na2O11S2. The van der Waals surface area contributed by atoms with E-state index in [0.717, 1.165) is 9.80 Å². The van der Waals surface area contributed by atoms with Crippen molar-refractivity contribution < 1.29 is 112 Å². The molecule has 4 N–H and O–H groups in total. The summed E-state index contributed by atoms with van der Waals surface area (Å²) in [7, 11) is -4.33. The maximum atomic E-state index is 10.6. The number of carbonyl (C=O) groups is 4. The van der Waals surface area contributed by atoms with Crippen molar-refractivity contribution in [2.45, 2.75) is 0 Å². The largest absolute Gasteiger partial charge is 1.00 e. The summed E-state index contributed by atoms with van der Waals surface area (Å²) in [5, 5.41) is 34.5. The Morgan fingerprint density at radius 3 is 0.963 bits per heavy atom. The zero-order valence-corrected chi connectivity index (χ0v) is 20.2. The molecule has 0 aromatic heterocycles. The molecule has 0 aliphatic carbocycles. The van der Waals surface area contributed by atoms with E-state index in [1.807, 2.05) is 0 Å². The van der Waals surface area contributed by atoms with Gasteiger partial charge in [-0.25, -0.2) is 0 Å². The molecule has 0 aromatic carbocycles. The maximum absolute atomic E-state index is 10.6. The molecule has 146 valence electrons. The third kappa shape index (κ3) is 34.0. The predicted octanol–water partition coefficient (Wildman–Crippen LogP) is -9.07. The fraction of sp³-hybridized carbons (Fsp3) is 0.600. The van der Waals surface area contributed by atoms with Gasteiger partial charge < -0.3 is 29.5 Å². The van der Waals surface area contributed by atoms with Crippen LogP contribution in [0.4, 0.5) is 0 Å². The monoisotopic (exact) mass is 450 g/mol. The first-order valence-corrected chi connectivity index (χ1v) is 8.52. The summed E-state index contributed by atoms with van der Waals surface area (Å²) in [6, 6.07) is 0. The molecule has 0 unspecified atom stereocenters. The average Bonchev–Trinajstić information content (AvgIpc) is 2.30. The van der Waals surface area contributed by atoms with Gasteiger partial charge in [0.05, 0.1) is 26.2 Å². The van der Waals surface area contributed by atoms with E-state index in [2.05, 4.69) is 11.2 Å². The summed E-state index contributed by atoms with van der Waals surface area (Å²) in [6.07, 6.45) is 0. The van der Waals surface area contributed by atoms with Crippen LogP contribution in [0, 0.1) is 0 Å². The van der Waals surface area contributed by atoms with Crippen LogP contribution in [0.5, 0.6) is 0 Å². The van der Waals surface area contributed by atoms with Gasteiger partial charge in [0.2, 0.25) is 0 Å². The normalized spacial score (nSPS) is 10.1. The van der Waals surface area contributed by atoms with Crippen molar-refractivity contribution in [2.24, 2.45) is 0 Å². The van der Waals surface area contributed by atoms with Crippen LogP contribution >= 0.6 is 0 Å². The SMILES string of the molecule is O=C(O)CN(CCN(CC(=O)O)CC(=O)O)CC(=O)O.O=S([O-])([O-])=S.[Na+].[Na+]. The van der Waals surface area contributed by atoms with Crippen LogP contribution in [0.1, 0.15) is 0 Å². The number of carboxylic acids is 4. The van der Waals surface area contributed by atoms with Crippen LogP contribution in [-0.4, -0.2) is 107 Å². The Balaban J connectivity index is -0.000000333. The molecule has 0 atom stereocenters. The van der Waals surface area contributed by atoms with Crippen molar-refractivity contribution in [1.82, 2.24) is 9.80 Å². The first-order valence-electron chi connectivity index (χ1n) is 6.19. The van der Waals surface area contributed by atoms with Gasteiger partial charge >= 0.3 is 83.0 Å². The van der Waals surface area contributed by atoms with Crippen molar-refractivity contribution in [1.29, 1.82) is 0 Å². The van der Waals surface area contributed by atoms with Gasteiger partial charge in [-0.3, -0.25) is 33.2 Å². The molecule has 0 aromatic rings. The van der Waals surface area contributed by atoms with Crippen LogP contribution < -0.4 is 59.1 Å². The minimum absolute atomic E-state index is 0. The molecule has 0 saturated carbocycles. The molecule has 0 saturated heterocycles. The Labute approximate surface area is 203 Å². The number of hydrogen-bond acceptors (Lipinski definition) is 10. The van der Waals surface area contributed by atoms with Gasteiger partial charge in [0.25, 0.3) is 0 Å². The van der Waals surface area contributed by atoms with Crippen LogP contribution in [0.2, 0.25) is 0 Å². The van der Waals surface area contributed by atoms with Crippen LogP contribution in [0.3, 0.4) is 0 Å². The Hall–Kier alpha value is 0.0900. The molecule has 0 aliphatic rings. The summed E-state index contributed by atoms with van der Waals surface area (Å²) in [6.45, 7) is -2.25. The van der Waals surface area contributed by atoms with E-state index in [1.54, 1.807) is 0 Å². The number of nitrogens with zero attached hydrogens (tertiary/aromatic N) is 2. The molecule has 17 heteroatoms. The molecule has 13 nitrogen and oxygen atoms in total. The number of rotatable bonds is 11. The first-order chi connectivity index (χ1) is 11.2. The maximum Gasteiger partial charge on any atom is 1.00 e. The van der Waals surface area contributed by atoms with Gasteiger partial charge in [-0.2, -0.15) is 0 Å². The number of hydrogen-bond donors (Lipinski definition) is 4. The second kappa shape index (κ2) is 18.1. The summed E-state index contributed by atoms with van der Waals surface area (Å²) in [5.74, 6) is -4.91. The number of aliphatic carboxylic acids is 4. The second-order valence-electron chi connectivity index (χ2n) is 4.40. The summed E-state index contributed by atoms with van der Waals surface area (Å²) in [4.78, 5) is 44.4. The van der Waals surface area contributed by atoms with Crippen molar-refractivity contribution in [3.8, 4) is 0 Å². The number of carboxylic acid groups (broad SMARTS) is 4. The molecule has 0 heterocycles. The molecule has 0 radical (unpaired) electrons. The topological polar surface area (TPSA) is 219 Å². The van der Waals surface area contributed by atoms with Crippen molar-refractivity contribution in [3.63, 3.8) is 0 Å². The van der Waals surface area contributed by atoms with E-state index in [1.165, 1.54) is 0 Å². The summed E-state index contributed by atoms with van der Waals surface area (Å²) in [5.41, 5.74) is 0. The molecule has 0 fully saturated rings. The zero-order chi connectivity index (χ0) is 20.2. The van der Waals surface area contributed by atoms with Crippen LogP contribution in [0.15, 0.2) is 0 Å². The van der Waals surface area contributed by atoms with E-state index in [4.69, 9.17) is 33.7 Å². The van der Waals surface area contributed by atoms with E-state index >= 15 is 0 Å². The molecule has 27 heavy (non-hydrogen) atoms. The van der Waals surface area contributed by atoms with Crippen molar-refractivity contribution in [2.75, 3.05) is 39.3 Å². The quantitative estimate of drug-likeness (QED) is 0.215. The van der Waals surface area contributed by atoms with Crippen molar-refractivity contribution >= 4 is 44.1 Å². The molecular weight excluding hydrogens is 434 g/mol. The second-order valence-corrected chi connectivity index (χ2v) is 6.45. The zero-order valence-electron chi connectivity index (χ0n) is 14.6. The van der Waals surface area contributed by atoms with Gasteiger partial charge in [-0.1, -0.05) is 0 Å². The Bertz CT molecular complexity index is 512. The Morgan fingerprint density at radius 2 is 0.852 bits per heavy atom. The van der Waals surface area contributed by atoms with E-state index in [0.29, 0.717) is 0 Å². The molecule has 0 amide bonds. The minimum Gasteiger partial charge on any atom is -0.780 e. The third-order valence-electron chi connectivity index (χ3n) is 2.17. The molecule has 0 aliphatic heterocycles. The van der Waals surface area contributed by atoms with Gasteiger partial charge in [0, 0.05) is 13.1 Å². The van der Waals surface area contributed by atoms with Crippen LogP contribution in [0.25, 0.3) is 0 Å². The van der Waals surface area contributed by atoms with Crippen molar-refractivity contribution in [3.05, 3.63) is 0 Å². The van der Waals surface area contributed by atoms with E-state index < -0.39 is 59.1 Å². The van der Waals surface area contributed by atoms with Crippen LogP contribution in [-0.2, 0) is 39.4 Å². The van der Waals surface area contributed by atoms with Gasteiger partial charge in [0.15, 0.2) is 0 Å². The standard InChI is InChI=1S/C10H16N2O8.2Na.H2O3S2/c13-7(14)3-11(4-8(15)16)1-2-12(5-9(17)18)6-10(19)20;;;1-5(2,3)4/h1-6H2,(H,13,14)(H,15,16)(H,17,18)(H,19,20);;;(H2,1,2,3,4)/q;2*+1;/p-2. The summed E-state index contributed by atoms with van der Waals surface area (Å²) >= 11 is 3.24. The minimum atomic E-state index is -4.33. The van der Waals surface area contributed by atoms with E-state index in [-0.39, 0.29) is 72.2 Å². The smallest absolute Gasteiger partial charge is 0.780 e. The first kappa shape index (κ1) is 34.6. The average molecular weight is 450 g/mol. The fourth-order valence-electron chi connectivity index (χ4n) is 1.48. The predicted molar refractivity (Wildman–Crippen MR) is 80.5 cm³/mol. The molecule has 0 bridgehead atoms. The van der Waals surface area contributed by atoms with Gasteiger partial charge in [-0.05, 0) is 11.2 Å². The summed E-state index contributed by atoms with van der Waals surface area (Å²) < 4.78 is 26.7. The van der Waals surface area contributed by atoms with Gasteiger partial charge in [-0.15, -0.1) is 9.05 Å². The Kier molecular flexibility index (Phi) is 23.2. The van der Waals surface area contributed by atoms with E-state index in [9.17, 15) is 19.2 Å². The molecule has 0 rings (SSSR count).